The third-order valence-electron chi connectivity index (χ3n) is 5.65. The molecule has 1 aliphatic rings. The first-order valence-electron chi connectivity index (χ1n) is 9.72. The van der Waals surface area contributed by atoms with E-state index < -0.39 is 0 Å². The van der Waals surface area contributed by atoms with Crippen molar-refractivity contribution >= 4 is 22.6 Å². The van der Waals surface area contributed by atoms with Crippen molar-refractivity contribution in [2.75, 3.05) is 19.4 Å². The molecule has 0 aromatic carbocycles. The number of aryl methyl sites for hydroxylation is 1. The van der Waals surface area contributed by atoms with Gasteiger partial charge in [-0.1, -0.05) is 0 Å². The van der Waals surface area contributed by atoms with Crippen LogP contribution in [0, 0.1) is 5.92 Å². The highest BCUT2D eigenvalue weighted by molar-refractivity contribution is 5.94. The highest BCUT2D eigenvalue weighted by Gasteiger charge is 2.27. The Balaban J connectivity index is 1.49. The zero-order valence-corrected chi connectivity index (χ0v) is 16.6. The van der Waals surface area contributed by atoms with Crippen LogP contribution in [0.2, 0.25) is 0 Å². The fourth-order valence-electron chi connectivity index (χ4n) is 3.91. The number of nitrogens with one attached hydrogen (secondary N) is 1. The molecule has 0 spiro atoms. The predicted octanol–water partition coefficient (Wildman–Crippen LogP) is 3.09. The first kappa shape index (κ1) is 18.6. The third kappa shape index (κ3) is 3.89. The number of carbonyl (C=O) groups excluding carboxylic acids is 1. The van der Waals surface area contributed by atoms with E-state index in [1.807, 2.05) is 31.7 Å². The van der Waals surface area contributed by atoms with Crippen LogP contribution < -0.4 is 5.32 Å². The van der Waals surface area contributed by atoms with Crippen LogP contribution in [0.15, 0.2) is 36.9 Å². The summed E-state index contributed by atoms with van der Waals surface area (Å²) in [7, 11) is 6.11. The second kappa shape index (κ2) is 7.67. The van der Waals surface area contributed by atoms with E-state index in [4.69, 9.17) is 0 Å². The molecule has 3 aromatic rings. The molecule has 1 N–H and O–H groups in total. The molecule has 0 aliphatic heterocycles. The first-order valence-corrected chi connectivity index (χ1v) is 9.72. The van der Waals surface area contributed by atoms with E-state index in [1.54, 1.807) is 10.9 Å². The molecule has 0 saturated heterocycles. The lowest BCUT2D eigenvalue weighted by Gasteiger charge is -2.31. The molecular formula is C21H26N6O. The lowest BCUT2D eigenvalue weighted by Crippen LogP contribution is -2.35. The minimum absolute atomic E-state index is 0.0635. The summed E-state index contributed by atoms with van der Waals surface area (Å²) in [6.45, 7) is 0. The van der Waals surface area contributed by atoms with Gasteiger partial charge in [0.25, 0.3) is 0 Å². The molecule has 3 aromatic heterocycles. The van der Waals surface area contributed by atoms with Gasteiger partial charge in [0.1, 0.15) is 5.82 Å². The van der Waals surface area contributed by atoms with Crippen molar-refractivity contribution in [1.82, 2.24) is 24.6 Å². The zero-order chi connectivity index (χ0) is 19.7. The summed E-state index contributed by atoms with van der Waals surface area (Å²) >= 11 is 0. The topological polar surface area (TPSA) is 75.9 Å². The molecule has 1 fully saturated rings. The van der Waals surface area contributed by atoms with Crippen LogP contribution in [0.3, 0.4) is 0 Å². The van der Waals surface area contributed by atoms with Crippen molar-refractivity contribution in [3.63, 3.8) is 0 Å². The lowest BCUT2D eigenvalue weighted by molar-refractivity contribution is -0.121. The zero-order valence-electron chi connectivity index (χ0n) is 16.6. The molecule has 0 unspecified atom stereocenters. The van der Waals surface area contributed by atoms with Gasteiger partial charge in [0.15, 0.2) is 0 Å². The second-order valence-electron chi connectivity index (χ2n) is 7.85. The molecule has 0 radical (unpaired) electrons. The Morgan fingerprint density at radius 1 is 1.07 bits per heavy atom. The van der Waals surface area contributed by atoms with E-state index in [1.165, 1.54) is 0 Å². The summed E-state index contributed by atoms with van der Waals surface area (Å²) in [5.74, 6) is 0.714. The smallest absolute Gasteiger partial charge is 0.228 e. The molecular weight excluding hydrogens is 352 g/mol. The molecule has 7 heteroatoms. The van der Waals surface area contributed by atoms with Crippen molar-refractivity contribution < 1.29 is 4.79 Å². The number of nitrogens with zero attached hydrogens (tertiary/aromatic N) is 5. The Morgan fingerprint density at radius 3 is 2.54 bits per heavy atom. The summed E-state index contributed by atoms with van der Waals surface area (Å²) in [4.78, 5) is 23.8. The second-order valence-corrected chi connectivity index (χ2v) is 7.85. The molecule has 28 heavy (non-hydrogen) atoms. The molecule has 1 amide bonds. The molecule has 0 atom stereocenters. The Hall–Kier alpha value is -2.80. The monoisotopic (exact) mass is 378 g/mol. The fourth-order valence-corrected chi connectivity index (χ4v) is 3.91. The predicted molar refractivity (Wildman–Crippen MR) is 110 cm³/mol. The van der Waals surface area contributed by atoms with Crippen LogP contribution in [0.25, 0.3) is 22.0 Å². The summed E-state index contributed by atoms with van der Waals surface area (Å²) in [6, 6.07) is 4.53. The third-order valence-corrected chi connectivity index (χ3v) is 5.65. The van der Waals surface area contributed by atoms with E-state index in [-0.39, 0.29) is 11.8 Å². The van der Waals surface area contributed by atoms with Gasteiger partial charge in [-0.05, 0) is 51.9 Å². The van der Waals surface area contributed by atoms with Crippen LogP contribution in [0.4, 0.5) is 5.82 Å². The van der Waals surface area contributed by atoms with Crippen LogP contribution in [-0.2, 0) is 11.8 Å². The standard InChI is InChI=1S/C21H26N6O/c1-26(2)18-6-4-14(5-7-18)21(28)25-20-9-15-8-16(10-22-19(15)12-23-20)17-11-24-27(3)13-17/h8-14,18H,4-7H2,1-3H3,(H,23,25,28). The molecule has 7 nitrogen and oxygen atoms in total. The van der Waals surface area contributed by atoms with Gasteiger partial charge in [-0.15, -0.1) is 0 Å². The maximum Gasteiger partial charge on any atom is 0.228 e. The molecule has 4 rings (SSSR count). The molecule has 146 valence electrons. The summed E-state index contributed by atoms with van der Waals surface area (Å²) in [5, 5.41) is 8.16. The molecule has 1 aliphatic carbocycles. The van der Waals surface area contributed by atoms with Gasteiger partial charge >= 0.3 is 0 Å². The van der Waals surface area contributed by atoms with Gasteiger partial charge in [-0.25, -0.2) is 4.98 Å². The van der Waals surface area contributed by atoms with Gasteiger partial charge in [0.2, 0.25) is 5.91 Å². The normalized spacial score (nSPS) is 19.9. The number of amides is 1. The van der Waals surface area contributed by atoms with Crippen molar-refractivity contribution in [3.8, 4) is 11.1 Å². The minimum atomic E-state index is 0.0635. The highest BCUT2D eigenvalue weighted by Crippen LogP contribution is 2.28. The number of hydrogen-bond acceptors (Lipinski definition) is 5. The number of rotatable bonds is 4. The molecule has 1 saturated carbocycles. The summed E-state index contributed by atoms with van der Waals surface area (Å²) in [5.41, 5.74) is 2.81. The number of pyridine rings is 2. The van der Waals surface area contributed by atoms with E-state index in [2.05, 4.69) is 45.4 Å². The number of hydrogen-bond donors (Lipinski definition) is 1. The van der Waals surface area contributed by atoms with Gasteiger partial charge in [0.05, 0.1) is 17.9 Å². The summed E-state index contributed by atoms with van der Waals surface area (Å²) < 4.78 is 1.77. The van der Waals surface area contributed by atoms with Crippen molar-refractivity contribution in [3.05, 3.63) is 36.9 Å². The average Bonchev–Trinajstić information content (AvgIpc) is 3.14. The Morgan fingerprint density at radius 2 is 1.86 bits per heavy atom. The van der Waals surface area contributed by atoms with Crippen LogP contribution in [-0.4, -0.2) is 50.7 Å². The number of anilines is 1. The van der Waals surface area contributed by atoms with Crippen LogP contribution in [0.5, 0.6) is 0 Å². The van der Waals surface area contributed by atoms with Crippen molar-refractivity contribution in [1.29, 1.82) is 0 Å². The molecule has 0 bridgehead atoms. The van der Waals surface area contributed by atoms with Crippen LogP contribution in [0.1, 0.15) is 25.7 Å². The largest absolute Gasteiger partial charge is 0.310 e. The van der Waals surface area contributed by atoms with Gasteiger partial charge in [0, 0.05) is 47.9 Å². The highest BCUT2D eigenvalue weighted by atomic mass is 16.1. The van der Waals surface area contributed by atoms with Gasteiger partial charge in [-0.3, -0.25) is 14.5 Å². The Kier molecular flexibility index (Phi) is 5.09. The van der Waals surface area contributed by atoms with Crippen molar-refractivity contribution in [2.45, 2.75) is 31.7 Å². The summed E-state index contributed by atoms with van der Waals surface area (Å²) in [6.07, 6.45) is 11.3. The van der Waals surface area contributed by atoms with E-state index in [9.17, 15) is 4.79 Å². The number of fused-ring (bicyclic) bond motifs is 1. The quantitative estimate of drug-likeness (QED) is 0.755. The van der Waals surface area contributed by atoms with E-state index in [0.29, 0.717) is 11.9 Å². The van der Waals surface area contributed by atoms with Gasteiger partial charge < -0.3 is 10.2 Å². The number of aromatic nitrogens is 4. The minimum Gasteiger partial charge on any atom is -0.310 e. The van der Waals surface area contributed by atoms with E-state index >= 15 is 0 Å². The first-order chi connectivity index (χ1) is 13.5. The average molecular weight is 378 g/mol. The maximum absolute atomic E-state index is 12.7. The Labute approximate surface area is 164 Å². The maximum atomic E-state index is 12.7. The molecule has 3 heterocycles. The SMILES string of the molecule is CN(C)C1CCC(C(=O)Nc2cc3cc(-c4cnn(C)c4)cnc3cn2)CC1. The Bertz CT molecular complexity index is 987. The van der Waals surface area contributed by atoms with Crippen LogP contribution >= 0.6 is 0 Å². The lowest BCUT2D eigenvalue weighted by atomic mass is 9.85. The van der Waals surface area contributed by atoms with Crippen molar-refractivity contribution in [2.24, 2.45) is 13.0 Å². The van der Waals surface area contributed by atoms with E-state index in [0.717, 1.165) is 47.7 Å². The fraction of sp³-hybridized carbons (Fsp3) is 0.429. The number of carbonyl (C=O) groups is 1. The van der Waals surface area contributed by atoms with Gasteiger partial charge in [-0.2, -0.15) is 5.10 Å².